The molecule has 43 heavy (non-hydrogen) atoms. The van der Waals surface area contributed by atoms with E-state index in [9.17, 15) is 13.6 Å². The van der Waals surface area contributed by atoms with Crippen LogP contribution in [0.5, 0.6) is 5.75 Å². The van der Waals surface area contributed by atoms with Gasteiger partial charge in [-0.2, -0.15) is 0 Å². The Balaban J connectivity index is 1.46. The third-order valence-electron chi connectivity index (χ3n) is 8.05. The van der Waals surface area contributed by atoms with Gasteiger partial charge in [0.25, 0.3) is 0 Å². The van der Waals surface area contributed by atoms with Crippen molar-refractivity contribution in [3.63, 3.8) is 0 Å². The molecule has 2 atom stereocenters. The minimum absolute atomic E-state index is 0.164. The number of amides is 1. The molecule has 224 valence electrons. The van der Waals surface area contributed by atoms with Gasteiger partial charge < -0.3 is 14.4 Å². The number of benzene rings is 4. The van der Waals surface area contributed by atoms with Crippen LogP contribution in [-0.4, -0.2) is 29.7 Å². The number of rotatable bonds is 6. The molecular weight excluding hydrogens is 544 g/mol. The molecule has 0 aromatic heterocycles. The molecule has 1 aliphatic rings. The van der Waals surface area contributed by atoms with Crippen molar-refractivity contribution in [3.05, 3.63) is 124 Å². The van der Waals surface area contributed by atoms with E-state index >= 15 is 0 Å². The second-order valence-electron chi connectivity index (χ2n) is 12.4. The number of carbonyl (C=O) groups is 1. The maximum absolute atomic E-state index is 14.3. The maximum atomic E-state index is 14.3. The predicted octanol–water partition coefficient (Wildman–Crippen LogP) is 9.34. The first-order chi connectivity index (χ1) is 20.5. The monoisotopic (exact) mass is 583 g/mol. The summed E-state index contributed by atoms with van der Waals surface area (Å²) < 4.78 is 40.5. The molecule has 0 unspecified atom stereocenters. The highest BCUT2D eigenvalue weighted by atomic mass is 19.1. The molecule has 4 aromatic carbocycles. The standard InChI is InChI=1S/C37H39F2NO3/c1-24-10-6-9-13-35(24)42-23-27-11-7-8-12-32(27)26-14-15-31(25(2)18-26)34-22-40(36(41)43-37(3,4)5)17-16-33(34)28-19-29(38)21-30(39)20-28/h6-15,18-21,33-34H,16-17,22-23H2,1-5H3/t33-,34-/m0/s1. The molecule has 0 spiro atoms. The number of para-hydroxylation sites is 1. The highest BCUT2D eigenvalue weighted by Gasteiger charge is 2.36. The van der Waals surface area contributed by atoms with Crippen LogP contribution in [0, 0.1) is 25.5 Å². The second kappa shape index (κ2) is 12.6. The summed E-state index contributed by atoms with van der Waals surface area (Å²) >= 11 is 0. The lowest BCUT2D eigenvalue weighted by Crippen LogP contribution is -2.44. The molecule has 0 radical (unpaired) electrons. The number of ether oxygens (including phenoxy) is 2. The average molecular weight is 584 g/mol. The molecule has 1 heterocycles. The number of likely N-dealkylation sites (tertiary alicyclic amines) is 1. The third-order valence-corrected chi connectivity index (χ3v) is 8.05. The number of halogens is 2. The molecule has 1 amide bonds. The maximum Gasteiger partial charge on any atom is 0.410 e. The van der Waals surface area contributed by atoms with Gasteiger partial charge in [-0.25, -0.2) is 13.6 Å². The normalized spacial score (nSPS) is 17.0. The Morgan fingerprint density at radius 3 is 2.26 bits per heavy atom. The number of piperidine rings is 1. The summed E-state index contributed by atoms with van der Waals surface area (Å²) in [6.07, 6.45) is 0.186. The van der Waals surface area contributed by atoms with Crippen molar-refractivity contribution >= 4 is 6.09 Å². The number of nitrogens with zero attached hydrogens (tertiary/aromatic N) is 1. The number of hydrogen-bond donors (Lipinski definition) is 0. The number of carbonyl (C=O) groups excluding carboxylic acids is 1. The first-order valence-corrected chi connectivity index (χ1v) is 14.8. The Hall–Kier alpha value is -4.19. The lowest BCUT2D eigenvalue weighted by atomic mass is 9.75. The molecule has 0 bridgehead atoms. The molecule has 0 N–H and O–H groups in total. The van der Waals surface area contributed by atoms with Crippen LogP contribution in [0.4, 0.5) is 13.6 Å². The summed E-state index contributed by atoms with van der Waals surface area (Å²) in [6.45, 7) is 10.9. The van der Waals surface area contributed by atoms with Gasteiger partial charge in [-0.3, -0.25) is 0 Å². The Labute approximate surface area is 253 Å². The Bertz CT molecular complexity index is 1590. The minimum Gasteiger partial charge on any atom is -0.489 e. The highest BCUT2D eigenvalue weighted by molar-refractivity contribution is 5.70. The molecule has 1 fully saturated rings. The van der Waals surface area contributed by atoms with Crippen molar-refractivity contribution in [2.24, 2.45) is 0 Å². The highest BCUT2D eigenvalue weighted by Crippen LogP contribution is 2.42. The molecule has 0 aliphatic carbocycles. The van der Waals surface area contributed by atoms with Crippen LogP contribution < -0.4 is 4.74 Å². The molecular formula is C37H39F2NO3. The molecule has 6 heteroatoms. The summed E-state index contributed by atoms with van der Waals surface area (Å²) in [6, 6.07) is 26.2. The summed E-state index contributed by atoms with van der Waals surface area (Å²) in [4.78, 5) is 14.8. The zero-order chi connectivity index (χ0) is 30.7. The fourth-order valence-electron chi connectivity index (χ4n) is 6.01. The van der Waals surface area contributed by atoms with Crippen LogP contribution in [-0.2, 0) is 11.3 Å². The Kier molecular flexibility index (Phi) is 8.86. The van der Waals surface area contributed by atoms with Crippen molar-refractivity contribution in [3.8, 4) is 16.9 Å². The fraction of sp³-hybridized carbons (Fsp3) is 0.324. The van der Waals surface area contributed by atoms with E-state index in [1.165, 1.54) is 12.1 Å². The largest absolute Gasteiger partial charge is 0.489 e. The van der Waals surface area contributed by atoms with Crippen LogP contribution in [0.3, 0.4) is 0 Å². The van der Waals surface area contributed by atoms with Crippen LogP contribution >= 0.6 is 0 Å². The van der Waals surface area contributed by atoms with Crippen LogP contribution in [0.1, 0.15) is 66.8 Å². The van der Waals surface area contributed by atoms with E-state index in [2.05, 4.69) is 37.3 Å². The first kappa shape index (κ1) is 30.3. The van der Waals surface area contributed by atoms with E-state index in [0.29, 0.717) is 31.7 Å². The van der Waals surface area contributed by atoms with Gasteiger partial charge in [0.15, 0.2) is 0 Å². The second-order valence-corrected chi connectivity index (χ2v) is 12.4. The van der Waals surface area contributed by atoms with E-state index in [-0.39, 0.29) is 17.9 Å². The van der Waals surface area contributed by atoms with Gasteiger partial charge in [-0.1, -0.05) is 60.7 Å². The van der Waals surface area contributed by atoms with Crippen LogP contribution in [0.25, 0.3) is 11.1 Å². The van der Waals surface area contributed by atoms with Gasteiger partial charge in [0, 0.05) is 25.1 Å². The molecule has 4 nitrogen and oxygen atoms in total. The lowest BCUT2D eigenvalue weighted by Gasteiger charge is -2.40. The van der Waals surface area contributed by atoms with Gasteiger partial charge in [0.1, 0.15) is 29.6 Å². The first-order valence-electron chi connectivity index (χ1n) is 14.8. The van der Waals surface area contributed by atoms with Crippen molar-refractivity contribution in [1.29, 1.82) is 0 Å². The topological polar surface area (TPSA) is 38.8 Å². The van der Waals surface area contributed by atoms with Crippen LogP contribution in [0.15, 0.2) is 84.9 Å². The zero-order valence-electron chi connectivity index (χ0n) is 25.5. The van der Waals surface area contributed by atoms with Crippen molar-refractivity contribution in [2.75, 3.05) is 13.1 Å². The van der Waals surface area contributed by atoms with Gasteiger partial charge in [0.05, 0.1) is 0 Å². The van der Waals surface area contributed by atoms with Gasteiger partial charge >= 0.3 is 6.09 Å². The van der Waals surface area contributed by atoms with Gasteiger partial charge in [0.2, 0.25) is 0 Å². The van der Waals surface area contributed by atoms with Crippen molar-refractivity contribution in [2.45, 2.75) is 65.1 Å². The van der Waals surface area contributed by atoms with Gasteiger partial charge in [-0.05, 0) is 104 Å². The molecule has 5 rings (SSSR count). The smallest absolute Gasteiger partial charge is 0.410 e. The summed E-state index contributed by atoms with van der Waals surface area (Å²) in [7, 11) is 0. The number of hydrogen-bond acceptors (Lipinski definition) is 3. The molecule has 1 aliphatic heterocycles. The van der Waals surface area contributed by atoms with E-state index < -0.39 is 17.2 Å². The van der Waals surface area contributed by atoms with Crippen molar-refractivity contribution in [1.82, 2.24) is 4.90 Å². The minimum atomic E-state index is -0.622. The lowest BCUT2D eigenvalue weighted by molar-refractivity contribution is 0.0183. The number of aryl methyl sites for hydroxylation is 2. The van der Waals surface area contributed by atoms with Crippen molar-refractivity contribution < 1.29 is 23.0 Å². The predicted molar refractivity (Wildman–Crippen MR) is 166 cm³/mol. The SMILES string of the molecule is Cc1ccccc1OCc1ccccc1-c1ccc([C@@H]2CN(C(=O)OC(C)(C)C)CC[C@H]2c2cc(F)cc(F)c2)c(C)c1. The van der Waals surface area contributed by atoms with Gasteiger partial charge in [-0.15, -0.1) is 0 Å². The summed E-state index contributed by atoms with van der Waals surface area (Å²) in [5.74, 6) is -0.672. The quantitative estimate of drug-likeness (QED) is 0.227. The fourth-order valence-corrected chi connectivity index (χ4v) is 6.01. The molecule has 4 aromatic rings. The molecule has 0 saturated carbocycles. The Morgan fingerprint density at radius 1 is 0.860 bits per heavy atom. The van der Waals surface area contributed by atoms with Crippen LogP contribution in [0.2, 0.25) is 0 Å². The van der Waals surface area contributed by atoms with E-state index in [1.54, 1.807) is 4.90 Å². The van der Waals surface area contributed by atoms with E-state index in [4.69, 9.17) is 9.47 Å². The summed E-state index contributed by atoms with van der Waals surface area (Å²) in [5.41, 5.74) is 6.36. The third kappa shape index (κ3) is 7.24. The Morgan fingerprint density at radius 2 is 1.56 bits per heavy atom. The van der Waals surface area contributed by atoms with E-state index in [1.807, 2.05) is 64.1 Å². The van der Waals surface area contributed by atoms with E-state index in [0.717, 1.165) is 45.2 Å². The average Bonchev–Trinajstić information content (AvgIpc) is 2.95. The zero-order valence-corrected chi connectivity index (χ0v) is 25.5. The molecule has 1 saturated heterocycles. The summed E-state index contributed by atoms with van der Waals surface area (Å²) in [5, 5.41) is 0.